The standard InChI is InChI=1S/C18H18N6O3/c1-27-18(26)13-4-2-12(3-5-13)17(25)20-14-8-9-23(10-14)16-7-6-15-21-19-11-24(15)22-16/h2-7,11,14H,8-10H2,1H3,(H,20,25)/t14-/m1/s1. The Morgan fingerprint density at radius 2 is 1.93 bits per heavy atom. The zero-order valence-corrected chi connectivity index (χ0v) is 14.7. The van der Waals surface area contributed by atoms with Gasteiger partial charge in [0.25, 0.3) is 5.91 Å². The van der Waals surface area contributed by atoms with Crippen LogP contribution in [0.1, 0.15) is 27.1 Å². The number of nitrogens with one attached hydrogen (secondary N) is 1. The first-order valence-corrected chi connectivity index (χ1v) is 8.55. The average Bonchev–Trinajstić information content (AvgIpc) is 3.36. The molecule has 9 nitrogen and oxygen atoms in total. The molecule has 4 rings (SSSR count). The van der Waals surface area contributed by atoms with E-state index in [0.29, 0.717) is 23.3 Å². The van der Waals surface area contributed by atoms with Crippen LogP contribution >= 0.6 is 0 Å². The molecule has 1 atom stereocenters. The third kappa shape index (κ3) is 3.43. The second kappa shape index (κ2) is 7.02. The molecule has 138 valence electrons. The van der Waals surface area contributed by atoms with Crippen LogP contribution in [0.25, 0.3) is 5.65 Å². The molecule has 1 fully saturated rings. The van der Waals surface area contributed by atoms with E-state index in [4.69, 9.17) is 0 Å². The number of amides is 1. The number of aromatic nitrogens is 4. The molecule has 1 N–H and O–H groups in total. The molecule has 0 spiro atoms. The van der Waals surface area contributed by atoms with Crippen LogP contribution < -0.4 is 10.2 Å². The summed E-state index contributed by atoms with van der Waals surface area (Å²) in [6.07, 6.45) is 2.39. The molecule has 3 aromatic rings. The van der Waals surface area contributed by atoms with E-state index in [2.05, 4.69) is 30.2 Å². The fraction of sp³-hybridized carbons (Fsp3) is 0.278. The molecular formula is C18H18N6O3. The third-order valence-electron chi connectivity index (χ3n) is 4.56. The first-order chi connectivity index (χ1) is 13.1. The summed E-state index contributed by atoms with van der Waals surface area (Å²) in [5.41, 5.74) is 1.61. The number of hydrogen-bond acceptors (Lipinski definition) is 7. The van der Waals surface area contributed by atoms with Gasteiger partial charge in [0.05, 0.1) is 12.7 Å². The van der Waals surface area contributed by atoms with Crippen LogP contribution in [-0.4, -0.2) is 57.9 Å². The number of benzene rings is 1. The van der Waals surface area contributed by atoms with Crippen molar-refractivity contribution in [2.45, 2.75) is 12.5 Å². The minimum absolute atomic E-state index is 0.0243. The van der Waals surface area contributed by atoms with Gasteiger partial charge in [-0.3, -0.25) is 4.79 Å². The summed E-state index contributed by atoms with van der Waals surface area (Å²) in [5.74, 6) is 0.230. The van der Waals surface area contributed by atoms with Crippen molar-refractivity contribution in [2.24, 2.45) is 0 Å². The highest BCUT2D eigenvalue weighted by atomic mass is 16.5. The summed E-state index contributed by atoms with van der Waals surface area (Å²) in [6.45, 7) is 1.47. The monoisotopic (exact) mass is 366 g/mol. The Kier molecular flexibility index (Phi) is 4.41. The van der Waals surface area contributed by atoms with Crippen LogP contribution in [0.3, 0.4) is 0 Å². The van der Waals surface area contributed by atoms with Crippen molar-refractivity contribution in [3.8, 4) is 0 Å². The predicted octanol–water partition coefficient (Wildman–Crippen LogP) is 0.920. The summed E-state index contributed by atoms with van der Waals surface area (Å²) >= 11 is 0. The summed E-state index contributed by atoms with van der Waals surface area (Å²) in [4.78, 5) is 26.0. The van der Waals surface area contributed by atoms with E-state index in [1.807, 2.05) is 12.1 Å². The van der Waals surface area contributed by atoms with Crippen molar-refractivity contribution < 1.29 is 14.3 Å². The van der Waals surface area contributed by atoms with Crippen molar-refractivity contribution >= 4 is 23.3 Å². The highest BCUT2D eigenvalue weighted by molar-refractivity contribution is 5.96. The first kappa shape index (κ1) is 17.0. The number of methoxy groups -OCH3 is 1. The van der Waals surface area contributed by atoms with E-state index in [0.717, 1.165) is 18.8 Å². The molecular weight excluding hydrogens is 348 g/mol. The Labute approximate surface area is 154 Å². The summed E-state index contributed by atoms with van der Waals surface area (Å²) in [6, 6.07) is 10.2. The Balaban J connectivity index is 1.39. The van der Waals surface area contributed by atoms with Crippen LogP contribution in [0.5, 0.6) is 0 Å². The Bertz CT molecular complexity index is 984. The average molecular weight is 366 g/mol. The zero-order chi connectivity index (χ0) is 18.8. The normalized spacial score (nSPS) is 16.5. The van der Waals surface area contributed by atoms with Gasteiger partial charge in [-0.15, -0.1) is 15.3 Å². The Morgan fingerprint density at radius 1 is 1.15 bits per heavy atom. The van der Waals surface area contributed by atoms with E-state index in [1.54, 1.807) is 35.1 Å². The van der Waals surface area contributed by atoms with Crippen molar-refractivity contribution in [2.75, 3.05) is 25.1 Å². The minimum Gasteiger partial charge on any atom is -0.465 e. The smallest absolute Gasteiger partial charge is 0.337 e. The largest absolute Gasteiger partial charge is 0.465 e. The Morgan fingerprint density at radius 3 is 2.70 bits per heavy atom. The van der Waals surface area contributed by atoms with Crippen LogP contribution in [0.2, 0.25) is 0 Å². The van der Waals surface area contributed by atoms with Gasteiger partial charge in [0.2, 0.25) is 0 Å². The van der Waals surface area contributed by atoms with Crippen molar-refractivity contribution in [1.82, 2.24) is 25.1 Å². The number of carbonyl (C=O) groups is 2. The van der Waals surface area contributed by atoms with Crippen LogP contribution in [0.4, 0.5) is 5.82 Å². The number of fused-ring (bicyclic) bond motifs is 1. The SMILES string of the molecule is COC(=O)c1ccc(C(=O)N[C@@H]2CCN(c3ccc4nncn4n3)C2)cc1. The zero-order valence-electron chi connectivity index (χ0n) is 14.7. The third-order valence-corrected chi connectivity index (χ3v) is 4.56. The number of nitrogens with zero attached hydrogens (tertiary/aromatic N) is 5. The quantitative estimate of drug-likeness (QED) is 0.685. The van der Waals surface area contributed by atoms with E-state index >= 15 is 0 Å². The highest BCUT2D eigenvalue weighted by Crippen LogP contribution is 2.18. The maximum atomic E-state index is 12.5. The van der Waals surface area contributed by atoms with E-state index < -0.39 is 5.97 Å². The highest BCUT2D eigenvalue weighted by Gasteiger charge is 2.25. The topological polar surface area (TPSA) is 102 Å². The maximum absolute atomic E-state index is 12.5. The van der Waals surface area contributed by atoms with Gasteiger partial charge >= 0.3 is 5.97 Å². The number of hydrogen-bond donors (Lipinski definition) is 1. The number of rotatable bonds is 4. The van der Waals surface area contributed by atoms with E-state index in [1.165, 1.54) is 7.11 Å². The van der Waals surface area contributed by atoms with Gasteiger partial charge < -0.3 is 15.0 Å². The summed E-state index contributed by atoms with van der Waals surface area (Å²) in [7, 11) is 1.32. The lowest BCUT2D eigenvalue weighted by molar-refractivity contribution is 0.0600. The number of anilines is 1. The van der Waals surface area contributed by atoms with Gasteiger partial charge in [-0.05, 0) is 42.8 Å². The number of carbonyl (C=O) groups excluding carboxylic acids is 2. The van der Waals surface area contributed by atoms with Gasteiger partial charge in [-0.25, -0.2) is 4.79 Å². The Hall–Kier alpha value is -3.49. The van der Waals surface area contributed by atoms with Gasteiger partial charge in [-0.2, -0.15) is 4.52 Å². The van der Waals surface area contributed by atoms with E-state index in [-0.39, 0.29) is 11.9 Å². The van der Waals surface area contributed by atoms with Gasteiger partial charge in [0.15, 0.2) is 5.65 Å². The molecule has 1 amide bonds. The summed E-state index contributed by atoms with van der Waals surface area (Å²) < 4.78 is 6.29. The number of ether oxygens (including phenoxy) is 1. The second-order valence-corrected chi connectivity index (χ2v) is 6.30. The molecule has 9 heteroatoms. The lowest BCUT2D eigenvalue weighted by Gasteiger charge is -2.17. The maximum Gasteiger partial charge on any atom is 0.337 e. The fourth-order valence-electron chi connectivity index (χ4n) is 3.12. The molecule has 0 bridgehead atoms. The molecule has 0 aliphatic carbocycles. The molecule has 1 aliphatic heterocycles. The number of esters is 1. The molecule has 1 aliphatic rings. The van der Waals surface area contributed by atoms with Crippen LogP contribution in [-0.2, 0) is 4.74 Å². The van der Waals surface area contributed by atoms with Gasteiger partial charge in [-0.1, -0.05) is 0 Å². The van der Waals surface area contributed by atoms with Crippen molar-refractivity contribution in [1.29, 1.82) is 0 Å². The van der Waals surface area contributed by atoms with Gasteiger partial charge in [0.1, 0.15) is 12.1 Å². The summed E-state index contributed by atoms with van der Waals surface area (Å²) in [5, 5.41) is 15.3. The predicted molar refractivity (Wildman–Crippen MR) is 96.6 cm³/mol. The van der Waals surface area contributed by atoms with Gasteiger partial charge in [0, 0.05) is 24.7 Å². The molecule has 0 radical (unpaired) electrons. The van der Waals surface area contributed by atoms with Crippen LogP contribution in [0.15, 0.2) is 42.7 Å². The van der Waals surface area contributed by atoms with E-state index in [9.17, 15) is 9.59 Å². The molecule has 2 aromatic heterocycles. The van der Waals surface area contributed by atoms with Crippen molar-refractivity contribution in [3.63, 3.8) is 0 Å². The second-order valence-electron chi connectivity index (χ2n) is 6.30. The molecule has 27 heavy (non-hydrogen) atoms. The van der Waals surface area contributed by atoms with Crippen molar-refractivity contribution in [3.05, 3.63) is 53.9 Å². The molecule has 0 saturated carbocycles. The van der Waals surface area contributed by atoms with Crippen LogP contribution in [0, 0.1) is 0 Å². The molecule has 1 saturated heterocycles. The molecule has 3 heterocycles. The first-order valence-electron chi connectivity index (χ1n) is 8.55. The molecule has 1 aromatic carbocycles. The lowest BCUT2D eigenvalue weighted by atomic mass is 10.1. The minimum atomic E-state index is -0.425. The fourth-order valence-corrected chi connectivity index (χ4v) is 3.12. The molecule has 0 unspecified atom stereocenters. The lowest BCUT2D eigenvalue weighted by Crippen LogP contribution is -2.37.